The van der Waals surface area contributed by atoms with Crippen LogP contribution in [0.15, 0.2) is 58.3 Å². The number of nitrogens with one attached hydrogen (secondary N) is 2. The Morgan fingerprint density at radius 1 is 0.969 bits per heavy atom. The first-order chi connectivity index (χ1) is 15.1. The smallest absolute Gasteiger partial charge is 0.407 e. The number of ether oxygens (including phenoxy) is 1. The van der Waals surface area contributed by atoms with E-state index in [1.165, 1.54) is 23.9 Å². The molecular formula is C23H29N3O5S. The standard InChI is InChI=1S/C23H29N3O5S/c1-23(2,3)31-22(28)24-16-6-4-5-7-21(27)25-17-8-12-19(13-9-17)32-20-14-10-18(11-15-20)26(29)30/h8-15H,4-7,16H2,1-3H3,(H,24,28)(H,25,27). The molecule has 2 aromatic rings. The molecule has 32 heavy (non-hydrogen) atoms. The number of nitro groups is 1. The number of hydrogen-bond donors (Lipinski definition) is 2. The lowest BCUT2D eigenvalue weighted by atomic mass is 10.2. The van der Waals surface area contributed by atoms with E-state index < -0.39 is 16.6 Å². The molecule has 2 amide bonds. The number of unbranched alkanes of at least 4 members (excludes halogenated alkanes) is 2. The summed E-state index contributed by atoms with van der Waals surface area (Å²) >= 11 is 1.49. The van der Waals surface area contributed by atoms with Crippen molar-refractivity contribution >= 4 is 35.1 Å². The van der Waals surface area contributed by atoms with E-state index in [2.05, 4.69) is 10.6 Å². The van der Waals surface area contributed by atoms with Crippen LogP contribution in [0.3, 0.4) is 0 Å². The summed E-state index contributed by atoms with van der Waals surface area (Å²) in [5.74, 6) is -0.0547. The fraction of sp³-hybridized carbons (Fsp3) is 0.391. The maximum atomic E-state index is 12.1. The Hall–Kier alpha value is -3.07. The van der Waals surface area contributed by atoms with E-state index in [1.54, 1.807) is 12.1 Å². The second-order valence-electron chi connectivity index (χ2n) is 8.16. The van der Waals surface area contributed by atoms with E-state index in [4.69, 9.17) is 4.74 Å². The molecule has 0 radical (unpaired) electrons. The lowest BCUT2D eigenvalue weighted by molar-refractivity contribution is -0.384. The van der Waals surface area contributed by atoms with Gasteiger partial charge in [0.15, 0.2) is 0 Å². The van der Waals surface area contributed by atoms with Gasteiger partial charge in [0, 0.05) is 40.6 Å². The molecule has 0 aliphatic rings. The molecule has 9 heteroatoms. The van der Waals surface area contributed by atoms with Crippen LogP contribution in [0.2, 0.25) is 0 Å². The highest BCUT2D eigenvalue weighted by Gasteiger charge is 2.15. The van der Waals surface area contributed by atoms with Gasteiger partial charge in [-0.3, -0.25) is 14.9 Å². The molecule has 0 atom stereocenters. The number of carbonyl (C=O) groups is 2. The molecule has 0 fully saturated rings. The van der Waals surface area contributed by atoms with Crippen LogP contribution < -0.4 is 10.6 Å². The van der Waals surface area contributed by atoms with Gasteiger partial charge in [-0.25, -0.2) is 4.79 Å². The molecule has 172 valence electrons. The van der Waals surface area contributed by atoms with Gasteiger partial charge in [0.25, 0.3) is 5.69 Å². The van der Waals surface area contributed by atoms with Crippen LogP contribution in [0.1, 0.15) is 46.5 Å². The van der Waals surface area contributed by atoms with Crippen LogP contribution in [0.25, 0.3) is 0 Å². The number of nitro benzene ring substituents is 1. The molecule has 0 saturated carbocycles. The van der Waals surface area contributed by atoms with E-state index >= 15 is 0 Å². The Morgan fingerprint density at radius 2 is 1.56 bits per heavy atom. The van der Waals surface area contributed by atoms with Crippen LogP contribution in [-0.2, 0) is 9.53 Å². The summed E-state index contributed by atoms with van der Waals surface area (Å²) in [7, 11) is 0. The summed E-state index contributed by atoms with van der Waals surface area (Å²) in [5, 5.41) is 16.3. The van der Waals surface area contributed by atoms with Gasteiger partial charge in [0.05, 0.1) is 4.92 Å². The van der Waals surface area contributed by atoms with Crippen molar-refractivity contribution in [3.63, 3.8) is 0 Å². The van der Waals surface area contributed by atoms with Gasteiger partial charge >= 0.3 is 6.09 Å². The number of carbonyl (C=O) groups excluding carboxylic acids is 2. The molecule has 0 heterocycles. The highest BCUT2D eigenvalue weighted by molar-refractivity contribution is 7.99. The summed E-state index contributed by atoms with van der Waals surface area (Å²) in [6.07, 6.45) is 2.32. The SMILES string of the molecule is CC(C)(C)OC(=O)NCCCCCC(=O)Nc1ccc(Sc2ccc([N+](=O)[O-])cc2)cc1. The quantitative estimate of drug-likeness (QED) is 0.265. The normalized spacial score (nSPS) is 11.0. The number of rotatable bonds is 10. The topological polar surface area (TPSA) is 111 Å². The van der Waals surface area contributed by atoms with Crippen molar-refractivity contribution in [1.29, 1.82) is 0 Å². The van der Waals surface area contributed by atoms with Crippen molar-refractivity contribution in [3.8, 4) is 0 Å². The summed E-state index contributed by atoms with van der Waals surface area (Å²) in [6.45, 7) is 5.97. The molecule has 2 rings (SSSR count). The number of amides is 2. The van der Waals surface area contributed by atoms with Crippen molar-refractivity contribution in [2.24, 2.45) is 0 Å². The molecule has 0 saturated heterocycles. The van der Waals surface area contributed by atoms with Crippen LogP contribution in [0, 0.1) is 10.1 Å². The molecule has 0 spiro atoms. The minimum Gasteiger partial charge on any atom is -0.444 e. The molecule has 0 aliphatic carbocycles. The van der Waals surface area contributed by atoms with Crippen molar-refractivity contribution in [2.75, 3.05) is 11.9 Å². The molecule has 0 aliphatic heterocycles. The average molecular weight is 460 g/mol. The third-order valence-electron chi connectivity index (χ3n) is 4.17. The van der Waals surface area contributed by atoms with Gasteiger partial charge in [-0.2, -0.15) is 0 Å². The molecule has 2 aromatic carbocycles. The van der Waals surface area contributed by atoms with Crippen LogP contribution in [0.4, 0.5) is 16.2 Å². The minimum atomic E-state index is -0.510. The zero-order valence-corrected chi connectivity index (χ0v) is 19.4. The first-order valence-corrected chi connectivity index (χ1v) is 11.2. The zero-order valence-electron chi connectivity index (χ0n) is 18.6. The van der Waals surface area contributed by atoms with E-state index in [-0.39, 0.29) is 11.6 Å². The third-order valence-corrected chi connectivity index (χ3v) is 5.19. The van der Waals surface area contributed by atoms with Crippen LogP contribution >= 0.6 is 11.8 Å². The zero-order chi connectivity index (χ0) is 23.6. The molecule has 0 bridgehead atoms. The van der Waals surface area contributed by atoms with E-state index in [0.717, 1.165) is 34.7 Å². The molecule has 0 unspecified atom stereocenters. The van der Waals surface area contributed by atoms with E-state index in [0.29, 0.717) is 13.0 Å². The second-order valence-corrected chi connectivity index (χ2v) is 9.31. The maximum absolute atomic E-state index is 12.1. The largest absolute Gasteiger partial charge is 0.444 e. The van der Waals surface area contributed by atoms with Crippen LogP contribution in [-0.4, -0.2) is 29.1 Å². The Balaban J connectivity index is 1.65. The van der Waals surface area contributed by atoms with Crippen LogP contribution in [0.5, 0.6) is 0 Å². The number of hydrogen-bond acceptors (Lipinski definition) is 6. The first kappa shape index (κ1) is 25.2. The van der Waals surface area contributed by atoms with Gasteiger partial charge in [-0.15, -0.1) is 0 Å². The molecular weight excluding hydrogens is 430 g/mol. The van der Waals surface area contributed by atoms with Crippen molar-refractivity contribution < 1.29 is 19.2 Å². The second kappa shape index (κ2) is 12.1. The summed E-state index contributed by atoms with van der Waals surface area (Å²) in [5.41, 5.74) is 0.269. The van der Waals surface area contributed by atoms with Gasteiger partial charge in [-0.1, -0.05) is 18.2 Å². The lowest BCUT2D eigenvalue weighted by Gasteiger charge is -2.19. The predicted octanol–water partition coefficient (Wildman–Crippen LogP) is 5.77. The number of anilines is 1. The summed E-state index contributed by atoms with van der Waals surface area (Å²) in [6, 6.07) is 13.8. The van der Waals surface area contributed by atoms with E-state index in [9.17, 15) is 19.7 Å². The fourth-order valence-corrected chi connectivity index (χ4v) is 3.51. The third kappa shape index (κ3) is 9.82. The Bertz CT molecular complexity index is 909. The number of non-ortho nitro benzene ring substituents is 1. The average Bonchev–Trinajstić information content (AvgIpc) is 2.71. The summed E-state index contributed by atoms with van der Waals surface area (Å²) < 4.78 is 5.16. The Morgan fingerprint density at radius 3 is 2.12 bits per heavy atom. The Labute approximate surface area is 192 Å². The monoisotopic (exact) mass is 459 g/mol. The predicted molar refractivity (Wildman–Crippen MR) is 125 cm³/mol. The molecule has 2 N–H and O–H groups in total. The van der Waals surface area contributed by atoms with E-state index in [1.807, 2.05) is 45.0 Å². The van der Waals surface area contributed by atoms with Crippen molar-refractivity contribution in [2.45, 2.75) is 61.8 Å². The highest BCUT2D eigenvalue weighted by Crippen LogP contribution is 2.29. The number of benzene rings is 2. The van der Waals surface area contributed by atoms with Gasteiger partial charge in [-0.05, 0) is 70.0 Å². The van der Waals surface area contributed by atoms with Gasteiger partial charge in [0.1, 0.15) is 5.60 Å². The van der Waals surface area contributed by atoms with Crippen molar-refractivity contribution in [1.82, 2.24) is 5.32 Å². The highest BCUT2D eigenvalue weighted by atomic mass is 32.2. The van der Waals surface area contributed by atoms with Gasteiger partial charge < -0.3 is 15.4 Å². The minimum absolute atomic E-state index is 0.0547. The number of alkyl carbamates (subject to hydrolysis) is 1. The fourth-order valence-electron chi connectivity index (χ4n) is 2.69. The maximum Gasteiger partial charge on any atom is 0.407 e. The molecule has 0 aromatic heterocycles. The Kier molecular flexibility index (Phi) is 9.52. The lowest BCUT2D eigenvalue weighted by Crippen LogP contribution is -2.33. The molecule has 8 nitrogen and oxygen atoms in total. The summed E-state index contributed by atoms with van der Waals surface area (Å²) in [4.78, 5) is 35.8. The van der Waals surface area contributed by atoms with Crippen molar-refractivity contribution in [3.05, 3.63) is 58.6 Å². The first-order valence-electron chi connectivity index (χ1n) is 10.4. The van der Waals surface area contributed by atoms with Gasteiger partial charge in [0.2, 0.25) is 5.91 Å². The number of nitrogens with zero attached hydrogens (tertiary/aromatic N) is 1.